The van der Waals surface area contributed by atoms with E-state index in [2.05, 4.69) is 5.43 Å². The van der Waals surface area contributed by atoms with Crippen LogP contribution in [0.5, 0.6) is 0 Å². The number of alkyl halides is 3. The maximum Gasteiger partial charge on any atom is 0.416 e. The maximum absolute atomic E-state index is 12.8. The van der Waals surface area contributed by atoms with Crippen LogP contribution in [0.2, 0.25) is 0 Å². The van der Waals surface area contributed by atoms with Crippen LogP contribution in [0.25, 0.3) is 0 Å². The van der Waals surface area contributed by atoms with Gasteiger partial charge in [0.1, 0.15) is 0 Å². The molecule has 2 aromatic rings. The molecular weight excluding hydrogens is 267 g/mol. The lowest BCUT2D eigenvalue weighted by molar-refractivity contribution is -0.137. The van der Waals surface area contributed by atoms with E-state index < -0.39 is 17.8 Å². The molecule has 0 saturated carbocycles. The Morgan fingerprint density at radius 1 is 1.00 bits per heavy atom. The van der Waals surface area contributed by atoms with Crippen LogP contribution in [-0.4, -0.2) is 0 Å². The average Bonchev–Trinajstić information content (AvgIpc) is 2.41. The number of halogens is 3. The van der Waals surface area contributed by atoms with Crippen LogP contribution in [0.3, 0.4) is 0 Å². The van der Waals surface area contributed by atoms with E-state index in [9.17, 15) is 13.2 Å². The summed E-state index contributed by atoms with van der Waals surface area (Å²) < 4.78 is 38.3. The fourth-order valence-corrected chi connectivity index (χ4v) is 2.01. The summed E-state index contributed by atoms with van der Waals surface area (Å²) in [7, 11) is 0. The summed E-state index contributed by atoms with van der Waals surface area (Å²) in [6.45, 7) is 0. The molecule has 3 nitrogen and oxygen atoms in total. The summed E-state index contributed by atoms with van der Waals surface area (Å²) in [5.41, 5.74) is 8.83. The molecule has 0 aliphatic carbocycles. The van der Waals surface area contributed by atoms with E-state index in [1.807, 2.05) is 6.07 Å². The van der Waals surface area contributed by atoms with Crippen LogP contribution in [0.15, 0.2) is 48.5 Å². The zero-order chi connectivity index (χ0) is 14.8. The van der Waals surface area contributed by atoms with Crippen molar-refractivity contribution >= 4 is 5.69 Å². The molecule has 6 heteroatoms. The quantitative estimate of drug-likeness (QED) is 0.460. The highest BCUT2D eigenvalue weighted by Gasteiger charge is 2.31. The number of hydrazine groups is 1. The third-order valence-electron chi connectivity index (χ3n) is 3.02. The number of anilines is 1. The zero-order valence-corrected chi connectivity index (χ0v) is 10.5. The highest BCUT2D eigenvalue weighted by Crippen LogP contribution is 2.34. The van der Waals surface area contributed by atoms with Crippen molar-refractivity contribution in [1.82, 2.24) is 5.43 Å². The molecule has 0 saturated heterocycles. The van der Waals surface area contributed by atoms with E-state index in [1.165, 1.54) is 6.07 Å². The number of hydrogen-bond donors (Lipinski definition) is 3. The molecule has 2 aromatic carbocycles. The number of nitrogen functional groups attached to an aromatic ring is 1. The van der Waals surface area contributed by atoms with Gasteiger partial charge in [-0.25, -0.2) is 5.43 Å². The summed E-state index contributed by atoms with van der Waals surface area (Å²) in [5, 5.41) is 0. The van der Waals surface area contributed by atoms with Gasteiger partial charge in [-0.1, -0.05) is 30.3 Å². The van der Waals surface area contributed by atoms with Gasteiger partial charge in [0.05, 0.1) is 11.6 Å². The second-order valence-corrected chi connectivity index (χ2v) is 4.35. The first-order valence-corrected chi connectivity index (χ1v) is 5.91. The molecule has 5 N–H and O–H groups in total. The van der Waals surface area contributed by atoms with Gasteiger partial charge in [0.15, 0.2) is 0 Å². The Morgan fingerprint density at radius 3 is 2.20 bits per heavy atom. The van der Waals surface area contributed by atoms with E-state index in [4.69, 9.17) is 11.6 Å². The molecule has 0 spiro atoms. The summed E-state index contributed by atoms with van der Waals surface area (Å²) in [6.07, 6.45) is -4.42. The Kier molecular flexibility index (Phi) is 3.96. The van der Waals surface area contributed by atoms with Gasteiger partial charge in [0.25, 0.3) is 0 Å². The monoisotopic (exact) mass is 281 g/mol. The molecule has 0 aromatic heterocycles. The summed E-state index contributed by atoms with van der Waals surface area (Å²) in [5.74, 6) is 5.48. The minimum atomic E-state index is -4.42. The Morgan fingerprint density at radius 2 is 1.65 bits per heavy atom. The van der Waals surface area contributed by atoms with Gasteiger partial charge in [-0.3, -0.25) is 5.84 Å². The Labute approximate surface area is 114 Å². The molecule has 106 valence electrons. The molecule has 0 aliphatic rings. The highest BCUT2D eigenvalue weighted by molar-refractivity contribution is 5.53. The van der Waals surface area contributed by atoms with Crippen molar-refractivity contribution in [1.29, 1.82) is 0 Å². The molecule has 0 fully saturated rings. The van der Waals surface area contributed by atoms with Gasteiger partial charge in [0, 0.05) is 5.69 Å². The molecule has 0 aliphatic heterocycles. The lowest BCUT2D eigenvalue weighted by atomic mass is 9.96. The predicted molar refractivity (Wildman–Crippen MR) is 71.5 cm³/mol. The second kappa shape index (κ2) is 5.52. The zero-order valence-electron chi connectivity index (χ0n) is 10.5. The molecule has 2 rings (SSSR count). The highest BCUT2D eigenvalue weighted by atomic mass is 19.4. The van der Waals surface area contributed by atoms with Crippen molar-refractivity contribution in [3.63, 3.8) is 0 Å². The van der Waals surface area contributed by atoms with Crippen LogP contribution in [0.4, 0.5) is 18.9 Å². The number of rotatable bonds is 3. The fourth-order valence-electron chi connectivity index (χ4n) is 2.01. The van der Waals surface area contributed by atoms with Crippen LogP contribution in [0, 0.1) is 0 Å². The fraction of sp³-hybridized carbons (Fsp3) is 0.143. The van der Waals surface area contributed by atoms with Crippen LogP contribution < -0.4 is 17.0 Å². The lowest BCUT2D eigenvalue weighted by Gasteiger charge is -2.20. The number of nitrogens with one attached hydrogen (secondary N) is 1. The van der Waals surface area contributed by atoms with Gasteiger partial charge in [-0.2, -0.15) is 13.2 Å². The third-order valence-corrected chi connectivity index (χ3v) is 3.02. The molecule has 0 amide bonds. The van der Waals surface area contributed by atoms with Crippen molar-refractivity contribution in [2.75, 3.05) is 5.73 Å². The van der Waals surface area contributed by atoms with Crippen molar-refractivity contribution in [2.24, 2.45) is 5.84 Å². The van der Waals surface area contributed by atoms with Crippen molar-refractivity contribution in [2.45, 2.75) is 12.2 Å². The molecule has 1 atom stereocenters. The van der Waals surface area contributed by atoms with Crippen molar-refractivity contribution in [3.8, 4) is 0 Å². The first-order chi connectivity index (χ1) is 9.43. The maximum atomic E-state index is 12.8. The molecule has 0 heterocycles. The van der Waals surface area contributed by atoms with Gasteiger partial charge < -0.3 is 5.73 Å². The Balaban J connectivity index is 2.50. The Hall–Kier alpha value is -2.05. The summed E-state index contributed by atoms with van der Waals surface area (Å²) in [6, 6.07) is 11.5. The Bertz CT molecular complexity index is 582. The summed E-state index contributed by atoms with van der Waals surface area (Å²) in [4.78, 5) is 0. The average molecular weight is 281 g/mol. The minimum absolute atomic E-state index is 0.254. The summed E-state index contributed by atoms with van der Waals surface area (Å²) >= 11 is 0. The standard InChI is InChI=1S/C14H14F3N3/c15-14(16,17)10-6-7-12(18)11(8-10)13(20-19)9-4-2-1-3-5-9/h1-8,13,20H,18-19H2. The predicted octanol–water partition coefficient (Wildman–Crippen LogP) is 2.84. The first kappa shape index (κ1) is 14.4. The molecule has 20 heavy (non-hydrogen) atoms. The van der Waals surface area contributed by atoms with Crippen LogP contribution in [-0.2, 0) is 6.18 Å². The normalized spacial score (nSPS) is 13.2. The van der Waals surface area contributed by atoms with Gasteiger partial charge in [0.2, 0.25) is 0 Å². The molecule has 0 radical (unpaired) electrons. The second-order valence-electron chi connectivity index (χ2n) is 4.35. The van der Waals surface area contributed by atoms with Crippen LogP contribution >= 0.6 is 0 Å². The SMILES string of the molecule is NNC(c1ccccc1)c1cc(C(F)(F)F)ccc1N. The van der Waals surface area contributed by atoms with Crippen molar-refractivity contribution in [3.05, 3.63) is 65.2 Å². The number of nitrogens with two attached hydrogens (primary N) is 2. The number of hydrogen-bond acceptors (Lipinski definition) is 3. The molecule has 0 bridgehead atoms. The van der Waals surface area contributed by atoms with Gasteiger partial charge in [-0.05, 0) is 29.3 Å². The topological polar surface area (TPSA) is 64.1 Å². The van der Waals surface area contributed by atoms with E-state index in [1.54, 1.807) is 24.3 Å². The van der Waals surface area contributed by atoms with Gasteiger partial charge in [-0.15, -0.1) is 0 Å². The van der Waals surface area contributed by atoms with E-state index in [0.717, 1.165) is 17.7 Å². The third kappa shape index (κ3) is 2.92. The lowest BCUT2D eigenvalue weighted by Crippen LogP contribution is -2.29. The van der Waals surface area contributed by atoms with E-state index >= 15 is 0 Å². The molecule has 1 unspecified atom stereocenters. The number of benzene rings is 2. The minimum Gasteiger partial charge on any atom is -0.398 e. The first-order valence-electron chi connectivity index (χ1n) is 5.91. The largest absolute Gasteiger partial charge is 0.416 e. The smallest absolute Gasteiger partial charge is 0.398 e. The van der Waals surface area contributed by atoms with E-state index in [0.29, 0.717) is 5.56 Å². The van der Waals surface area contributed by atoms with Crippen LogP contribution in [0.1, 0.15) is 22.7 Å². The van der Waals surface area contributed by atoms with Crippen molar-refractivity contribution < 1.29 is 13.2 Å². The molecular formula is C14H14F3N3. The van der Waals surface area contributed by atoms with E-state index in [-0.39, 0.29) is 5.69 Å². The van der Waals surface area contributed by atoms with Gasteiger partial charge >= 0.3 is 6.18 Å².